The summed E-state index contributed by atoms with van der Waals surface area (Å²) in [6.45, 7) is 4.11. The first-order chi connectivity index (χ1) is 20.2. The van der Waals surface area contributed by atoms with Crippen molar-refractivity contribution in [2.75, 3.05) is 25.6 Å². The van der Waals surface area contributed by atoms with Gasteiger partial charge in [-0.05, 0) is 48.8 Å². The van der Waals surface area contributed by atoms with E-state index in [1.54, 1.807) is 19.2 Å². The SMILES string of the molecule is COc1ccccc1CNC(=O)CC1c2nc(NC(=O)COc3ccccc3)sc2CC2C(C)(CO)C(O)CCC12C. The topological polar surface area (TPSA) is 130 Å². The van der Waals surface area contributed by atoms with Crippen LogP contribution in [0, 0.1) is 16.7 Å². The number of nitrogens with zero attached hydrogens (tertiary/aromatic N) is 1. The fourth-order valence-corrected chi connectivity index (χ4v) is 7.91. The molecule has 4 N–H and O–H groups in total. The zero-order valence-corrected chi connectivity index (χ0v) is 25.1. The summed E-state index contributed by atoms with van der Waals surface area (Å²) in [5.74, 6) is 0.527. The zero-order valence-electron chi connectivity index (χ0n) is 24.3. The minimum absolute atomic E-state index is 0.0799. The van der Waals surface area contributed by atoms with E-state index in [0.29, 0.717) is 42.4 Å². The number of aliphatic hydroxyl groups excluding tert-OH is 2. The van der Waals surface area contributed by atoms with Crippen LogP contribution in [0.2, 0.25) is 0 Å². The Bertz CT molecular complexity index is 1410. The molecule has 5 atom stereocenters. The minimum Gasteiger partial charge on any atom is -0.496 e. The Labute approximate surface area is 250 Å². The number of thiazole rings is 1. The van der Waals surface area contributed by atoms with Gasteiger partial charge >= 0.3 is 0 Å². The lowest BCUT2D eigenvalue weighted by molar-refractivity contribution is -0.144. The fourth-order valence-electron chi connectivity index (χ4n) is 6.82. The number of fused-ring (bicyclic) bond motifs is 2. The van der Waals surface area contributed by atoms with E-state index in [-0.39, 0.29) is 43.3 Å². The summed E-state index contributed by atoms with van der Waals surface area (Å²) in [4.78, 5) is 32.0. The van der Waals surface area contributed by atoms with Crippen molar-refractivity contribution < 1.29 is 29.3 Å². The van der Waals surface area contributed by atoms with Crippen molar-refractivity contribution in [1.82, 2.24) is 10.3 Å². The number of aliphatic hydroxyl groups is 2. The Hall–Kier alpha value is -3.47. The van der Waals surface area contributed by atoms with E-state index < -0.39 is 16.9 Å². The molecule has 224 valence electrons. The van der Waals surface area contributed by atoms with Gasteiger partial charge in [0.2, 0.25) is 5.91 Å². The summed E-state index contributed by atoms with van der Waals surface area (Å²) < 4.78 is 11.0. The van der Waals surface area contributed by atoms with Crippen molar-refractivity contribution in [2.24, 2.45) is 16.7 Å². The Morgan fingerprint density at radius 1 is 1.10 bits per heavy atom. The molecule has 0 spiro atoms. The molecule has 1 aromatic heterocycles. The first-order valence-corrected chi connectivity index (χ1v) is 15.1. The van der Waals surface area contributed by atoms with E-state index in [2.05, 4.69) is 17.6 Å². The predicted octanol–water partition coefficient (Wildman–Crippen LogP) is 4.29. The Kier molecular flexibility index (Phi) is 8.86. The van der Waals surface area contributed by atoms with Crippen molar-refractivity contribution in [1.29, 1.82) is 0 Å². The number of ether oxygens (including phenoxy) is 2. The molecule has 5 unspecified atom stereocenters. The summed E-state index contributed by atoms with van der Waals surface area (Å²) >= 11 is 1.39. The van der Waals surface area contributed by atoms with Crippen molar-refractivity contribution in [2.45, 2.75) is 58.1 Å². The second kappa shape index (κ2) is 12.4. The number of anilines is 1. The maximum absolute atomic E-state index is 13.4. The molecule has 2 aromatic carbocycles. The van der Waals surface area contributed by atoms with Gasteiger partial charge in [0.25, 0.3) is 5.91 Å². The van der Waals surface area contributed by atoms with E-state index in [1.807, 2.05) is 49.4 Å². The third-order valence-electron chi connectivity index (χ3n) is 9.31. The molecule has 9 nitrogen and oxygen atoms in total. The van der Waals surface area contributed by atoms with Gasteiger partial charge in [0, 0.05) is 34.7 Å². The van der Waals surface area contributed by atoms with E-state index in [1.165, 1.54) is 11.3 Å². The van der Waals surface area contributed by atoms with Crippen LogP contribution in [0.15, 0.2) is 54.6 Å². The number of methoxy groups -OCH3 is 1. The molecule has 2 aliphatic rings. The van der Waals surface area contributed by atoms with Crippen molar-refractivity contribution in [3.05, 3.63) is 70.7 Å². The van der Waals surface area contributed by atoms with Crippen LogP contribution in [-0.4, -0.2) is 53.4 Å². The summed E-state index contributed by atoms with van der Waals surface area (Å²) in [5, 5.41) is 27.9. The van der Waals surface area contributed by atoms with E-state index in [0.717, 1.165) is 16.1 Å². The predicted molar refractivity (Wildman–Crippen MR) is 161 cm³/mol. The maximum Gasteiger partial charge on any atom is 0.264 e. The molecule has 0 aliphatic heterocycles. The van der Waals surface area contributed by atoms with E-state index in [9.17, 15) is 19.8 Å². The number of carbonyl (C=O) groups excluding carboxylic acids is 2. The van der Waals surface area contributed by atoms with Crippen LogP contribution < -0.4 is 20.1 Å². The molecule has 42 heavy (non-hydrogen) atoms. The molecule has 10 heteroatoms. The van der Waals surface area contributed by atoms with Gasteiger partial charge in [-0.15, -0.1) is 11.3 Å². The monoisotopic (exact) mass is 593 g/mol. The average Bonchev–Trinajstić information content (AvgIpc) is 3.40. The Morgan fingerprint density at radius 2 is 1.83 bits per heavy atom. The smallest absolute Gasteiger partial charge is 0.264 e. The highest BCUT2D eigenvalue weighted by atomic mass is 32.1. The third-order valence-corrected chi connectivity index (χ3v) is 10.3. The molecule has 2 amide bonds. The minimum atomic E-state index is -0.728. The van der Waals surface area contributed by atoms with Crippen LogP contribution in [0.5, 0.6) is 11.5 Å². The zero-order chi connectivity index (χ0) is 29.9. The lowest BCUT2D eigenvalue weighted by Crippen LogP contribution is -2.57. The molecular weight excluding hydrogens is 554 g/mol. The van der Waals surface area contributed by atoms with Crippen molar-refractivity contribution in [3.63, 3.8) is 0 Å². The molecule has 5 rings (SSSR count). The van der Waals surface area contributed by atoms with Crippen molar-refractivity contribution >= 4 is 28.3 Å². The lowest BCUT2D eigenvalue weighted by Gasteiger charge is -2.58. The van der Waals surface area contributed by atoms with Gasteiger partial charge in [0.05, 0.1) is 25.5 Å². The quantitative estimate of drug-likeness (QED) is 0.276. The van der Waals surface area contributed by atoms with Gasteiger partial charge < -0.3 is 25.0 Å². The van der Waals surface area contributed by atoms with Gasteiger partial charge in [-0.1, -0.05) is 50.2 Å². The number of rotatable bonds is 10. The largest absolute Gasteiger partial charge is 0.496 e. The maximum atomic E-state index is 13.4. The van der Waals surface area contributed by atoms with Crippen LogP contribution in [0.4, 0.5) is 5.13 Å². The van der Waals surface area contributed by atoms with E-state index in [4.69, 9.17) is 14.5 Å². The number of benzene rings is 2. The molecule has 0 saturated heterocycles. The van der Waals surface area contributed by atoms with Crippen molar-refractivity contribution in [3.8, 4) is 11.5 Å². The molecule has 1 heterocycles. The summed E-state index contributed by atoms with van der Waals surface area (Å²) in [7, 11) is 1.60. The van der Waals surface area contributed by atoms with Crippen LogP contribution in [0.3, 0.4) is 0 Å². The molecular formula is C32H39N3O6S. The molecule has 1 fully saturated rings. The molecule has 2 aliphatic carbocycles. The molecule has 0 radical (unpaired) electrons. The van der Waals surface area contributed by atoms with Crippen LogP contribution in [0.25, 0.3) is 0 Å². The molecule has 1 saturated carbocycles. The number of nitrogens with one attached hydrogen (secondary N) is 2. The van der Waals surface area contributed by atoms with Crippen LogP contribution in [0.1, 0.15) is 55.2 Å². The molecule has 0 bridgehead atoms. The van der Waals surface area contributed by atoms with Crippen LogP contribution >= 0.6 is 11.3 Å². The first kappa shape index (κ1) is 30.0. The highest BCUT2D eigenvalue weighted by Gasteiger charge is 2.59. The van der Waals surface area contributed by atoms with Gasteiger partial charge in [-0.25, -0.2) is 4.98 Å². The summed E-state index contributed by atoms with van der Waals surface area (Å²) in [6.07, 6.45) is 1.38. The standard InChI is InChI=1S/C32H39N3O6S/c1-31-14-13-26(37)32(2,19-36)25(31)16-24-29(22(31)15-27(38)33-17-20-9-7-8-12-23(20)40-3)35-30(42-24)34-28(39)18-41-21-10-5-4-6-11-21/h4-12,22,25-26,36-37H,13-19H2,1-3H3,(H,33,38)(H,34,35,39). The highest BCUT2D eigenvalue weighted by Crippen LogP contribution is 2.62. The van der Waals surface area contributed by atoms with Gasteiger partial charge in [0.1, 0.15) is 11.5 Å². The average molecular weight is 594 g/mol. The number of hydrogen-bond acceptors (Lipinski definition) is 8. The lowest BCUT2D eigenvalue weighted by atomic mass is 9.47. The normalized spacial score (nSPS) is 26.5. The summed E-state index contributed by atoms with van der Waals surface area (Å²) in [6, 6.07) is 16.7. The molecule has 3 aromatic rings. The summed E-state index contributed by atoms with van der Waals surface area (Å²) in [5.41, 5.74) is 0.569. The fraction of sp³-hybridized carbons (Fsp3) is 0.469. The highest BCUT2D eigenvalue weighted by molar-refractivity contribution is 7.15. The van der Waals surface area contributed by atoms with Gasteiger partial charge in [-0.2, -0.15) is 0 Å². The van der Waals surface area contributed by atoms with Gasteiger partial charge in [0.15, 0.2) is 11.7 Å². The Balaban J connectivity index is 1.38. The number of carbonyl (C=O) groups is 2. The number of amides is 2. The number of para-hydroxylation sites is 2. The third kappa shape index (κ3) is 5.88. The number of aromatic nitrogens is 1. The first-order valence-electron chi connectivity index (χ1n) is 14.3. The van der Waals surface area contributed by atoms with Gasteiger partial charge in [-0.3, -0.25) is 14.9 Å². The van der Waals surface area contributed by atoms with Crippen LogP contribution in [-0.2, 0) is 22.6 Å². The van der Waals surface area contributed by atoms with E-state index >= 15 is 0 Å². The number of hydrogen-bond donors (Lipinski definition) is 4. The Morgan fingerprint density at radius 3 is 2.57 bits per heavy atom. The second-order valence-corrected chi connectivity index (χ2v) is 12.9. The second-order valence-electron chi connectivity index (χ2n) is 11.8.